The number of benzene rings is 1. The van der Waals surface area contributed by atoms with Crippen molar-refractivity contribution >= 4 is 30.4 Å². The van der Waals surface area contributed by atoms with Crippen molar-refractivity contribution in [3.8, 4) is 5.75 Å². The van der Waals surface area contributed by atoms with Crippen LogP contribution in [0.3, 0.4) is 0 Å². The predicted molar refractivity (Wildman–Crippen MR) is 146 cm³/mol. The first kappa shape index (κ1) is 32.3. The van der Waals surface area contributed by atoms with Crippen LogP contribution in [0.25, 0.3) is 11.2 Å². The van der Waals surface area contributed by atoms with Crippen LogP contribution >= 0.6 is 7.44 Å². The zero-order valence-corrected chi connectivity index (χ0v) is 24.3. The molecule has 3 atom stereocenters. The fourth-order valence-corrected chi connectivity index (χ4v) is 6.31. The van der Waals surface area contributed by atoms with Gasteiger partial charge in [0, 0.05) is 0 Å². The van der Waals surface area contributed by atoms with Crippen molar-refractivity contribution in [1.82, 2.24) is 29.7 Å². The summed E-state index contributed by atoms with van der Waals surface area (Å²) < 4.78 is 74.9. The quantitative estimate of drug-likeness (QED) is 0.180. The van der Waals surface area contributed by atoms with Crippen LogP contribution in [0.1, 0.15) is 45.7 Å². The van der Waals surface area contributed by atoms with E-state index in [2.05, 4.69) is 25.1 Å². The average molecular weight is 602 g/mol. The highest BCUT2D eigenvalue weighted by Crippen LogP contribution is 2.47. The van der Waals surface area contributed by atoms with Crippen molar-refractivity contribution in [2.45, 2.75) is 64.5 Å². The maximum absolute atomic E-state index is 14.3. The monoisotopic (exact) mass is 601 g/mol. The van der Waals surface area contributed by atoms with E-state index < -0.39 is 43.6 Å². The summed E-state index contributed by atoms with van der Waals surface area (Å²) in [4.78, 5) is 24.9. The van der Waals surface area contributed by atoms with Gasteiger partial charge in [0.1, 0.15) is 35.5 Å². The van der Waals surface area contributed by atoms with Crippen LogP contribution in [0.4, 0.5) is 19.0 Å². The van der Waals surface area contributed by atoms with Gasteiger partial charge in [-0.1, -0.05) is 19.1 Å². The van der Waals surface area contributed by atoms with Gasteiger partial charge in [0.05, 0.1) is 32.7 Å². The molecule has 226 valence electrons. The highest BCUT2D eigenvalue weighted by Gasteiger charge is 2.47. The summed E-state index contributed by atoms with van der Waals surface area (Å²) in [6.45, 7) is 6.44. The van der Waals surface area contributed by atoms with E-state index in [-0.39, 0.29) is 30.3 Å². The number of carbonyl (C=O) groups excluding carboxylic acids is 1. The van der Waals surface area contributed by atoms with E-state index in [0.29, 0.717) is 17.6 Å². The highest BCUT2D eigenvalue weighted by molar-refractivity contribution is 7.59. The summed E-state index contributed by atoms with van der Waals surface area (Å²) in [5.74, 6) is -0.402. The van der Waals surface area contributed by atoms with Gasteiger partial charge < -0.3 is 24.5 Å². The van der Waals surface area contributed by atoms with Gasteiger partial charge in [-0.2, -0.15) is 13.2 Å². The number of alkyl halides is 3. The van der Waals surface area contributed by atoms with Gasteiger partial charge in [-0.3, -0.25) is 9.36 Å². The van der Waals surface area contributed by atoms with Crippen molar-refractivity contribution in [2.75, 3.05) is 25.8 Å². The summed E-state index contributed by atoms with van der Waals surface area (Å²) in [6.07, 6.45) is -2.95. The Bertz CT molecular complexity index is 1390. The lowest BCUT2D eigenvalue weighted by Crippen LogP contribution is -2.50. The molecule has 0 spiro atoms. The molecule has 0 aliphatic rings. The minimum Gasteiger partial charge on any atom is -0.497 e. The van der Waals surface area contributed by atoms with Gasteiger partial charge in [0.15, 0.2) is 11.5 Å². The van der Waals surface area contributed by atoms with E-state index in [1.807, 2.05) is 0 Å². The van der Waals surface area contributed by atoms with Crippen LogP contribution in [0.15, 0.2) is 36.9 Å². The van der Waals surface area contributed by atoms with E-state index in [1.165, 1.54) is 57.9 Å². The fraction of sp³-hybridized carbons (Fsp3) is 0.520. The lowest BCUT2D eigenvalue weighted by molar-refractivity contribution is -0.153. The Morgan fingerprint density at radius 2 is 1.95 bits per heavy atom. The van der Waals surface area contributed by atoms with E-state index >= 15 is 0 Å². The number of nitrogens with zero attached hydrogens (tertiary/aromatic N) is 4. The number of nitrogens with one attached hydrogen (secondary N) is 2. The Morgan fingerprint density at radius 1 is 1.22 bits per heavy atom. The number of methoxy groups -OCH3 is 1. The SMILES string of the molecule is CCCOC(=O)C(C)(C)N[P@](=O)(CO[C@H](C)Cn1cnc2c(N)ncnc21)N[C@@H](c1cccc(OC)c1)C(F)(F)F. The highest BCUT2D eigenvalue weighted by atomic mass is 31.2. The molecule has 0 amide bonds. The van der Waals surface area contributed by atoms with Crippen molar-refractivity contribution in [2.24, 2.45) is 0 Å². The number of imidazole rings is 1. The number of nitrogens with two attached hydrogens (primary N) is 1. The van der Waals surface area contributed by atoms with Crippen LogP contribution in [-0.2, 0) is 25.4 Å². The van der Waals surface area contributed by atoms with Crippen LogP contribution in [0.2, 0.25) is 0 Å². The molecule has 0 aliphatic carbocycles. The number of aromatic nitrogens is 4. The number of halogens is 3. The summed E-state index contributed by atoms with van der Waals surface area (Å²) in [6, 6.07) is 2.93. The number of hydrogen-bond acceptors (Lipinski definition) is 9. The molecule has 2 aromatic heterocycles. The molecule has 0 fully saturated rings. The molecule has 1 aromatic carbocycles. The summed E-state index contributed by atoms with van der Waals surface area (Å²) in [7, 11) is -3.00. The van der Waals surface area contributed by atoms with Crippen molar-refractivity contribution in [3.63, 3.8) is 0 Å². The fourth-order valence-electron chi connectivity index (χ4n) is 3.93. The molecule has 41 heavy (non-hydrogen) atoms. The zero-order chi connectivity index (χ0) is 30.4. The molecule has 2 heterocycles. The molecule has 16 heteroatoms. The molecular weight excluding hydrogens is 566 g/mol. The number of rotatable bonds is 14. The number of nitrogen functional groups attached to an aromatic ring is 1. The molecule has 0 saturated carbocycles. The van der Waals surface area contributed by atoms with Crippen LogP contribution < -0.4 is 20.6 Å². The van der Waals surface area contributed by atoms with Gasteiger partial charge >= 0.3 is 12.1 Å². The van der Waals surface area contributed by atoms with Gasteiger partial charge in [-0.25, -0.2) is 25.1 Å². The average Bonchev–Trinajstić information content (AvgIpc) is 3.32. The molecule has 12 nitrogen and oxygen atoms in total. The number of carbonyl (C=O) groups is 1. The summed E-state index contributed by atoms with van der Waals surface area (Å²) in [5, 5.41) is 4.82. The zero-order valence-electron chi connectivity index (χ0n) is 23.4. The number of esters is 1. The van der Waals surface area contributed by atoms with Crippen LogP contribution in [0, 0.1) is 0 Å². The van der Waals surface area contributed by atoms with Gasteiger partial charge in [-0.15, -0.1) is 0 Å². The smallest absolute Gasteiger partial charge is 0.408 e. The first-order chi connectivity index (χ1) is 19.2. The van der Waals surface area contributed by atoms with E-state index in [0.717, 1.165) is 0 Å². The van der Waals surface area contributed by atoms with Gasteiger partial charge in [0.2, 0.25) is 7.44 Å². The molecule has 0 bridgehead atoms. The molecule has 0 saturated heterocycles. The van der Waals surface area contributed by atoms with E-state index in [1.54, 1.807) is 18.4 Å². The normalized spacial score (nSPS) is 15.3. The molecule has 0 radical (unpaired) electrons. The molecule has 0 aliphatic heterocycles. The second-order valence-electron chi connectivity index (χ2n) is 9.93. The molecule has 0 unspecified atom stereocenters. The van der Waals surface area contributed by atoms with Crippen LogP contribution in [-0.4, -0.2) is 63.4 Å². The second kappa shape index (κ2) is 13.1. The van der Waals surface area contributed by atoms with Gasteiger partial charge in [-0.05, 0) is 44.9 Å². The largest absolute Gasteiger partial charge is 0.497 e. The Labute approximate surface area is 235 Å². The van der Waals surface area contributed by atoms with Crippen LogP contribution in [0.5, 0.6) is 5.75 Å². The van der Waals surface area contributed by atoms with Crippen molar-refractivity contribution < 1.29 is 36.7 Å². The van der Waals surface area contributed by atoms with Crippen molar-refractivity contribution in [1.29, 1.82) is 0 Å². The lowest BCUT2D eigenvalue weighted by atomic mass is 10.1. The van der Waals surface area contributed by atoms with E-state index in [9.17, 15) is 22.5 Å². The Kier molecular flexibility index (Phi) is 10.3. The number of ether oxygens (including phenoxy) is 3. The summed E-state index contributed by atoms with van der Waals surface area (Å²) in [5.41, 5.74) is 4.79. The number of anilines is 1. The molecule has 3 aromatic rings. The maximum atomic E-state index is 14.3. The standard InChI is InChI=1S/C25H35F3N7O5P/c1-6-10-39-23(36)24(3,4)34-41(37,33-20(25(26,27)28)17-8-7-9-18(11-17)38-5)15-40-16(2)12-35-14-32-19-21(29)30-13-31-22(19)35/h7-9,11,13-14,16,20H,6,10,12,15H2,1-5H3,(H2,29,30,31)(H2,33,34,37)/t16-,20+,41+/m1/s1. The predicted octanol–water partition coefficient (Wildman–Crippen LogP) is 4.19. The minimum absolute atomic E-state index is 0.0944. The third kappa shape index (κ3) is 8.38. The summed E-state index contributed by atoms with van der Waals surface area (Å²) >= 11 is 0. The molecule has 3 rings (SSSR count). The second-order valence-corrected chi connectivity index (χ2v) is 12.1. The Morgan fingerprint density at radius 3 is 2.61 bits per heavy atom. The molecule has 4 N–H and O–H groups in total. The number of hydrogen-bond donors (Lipinski definition) is 3. The Hall–Kier alpha value is -3.26. The Balaban J connectivity index is 1.89. The van der Waals surface area contributed by atoms with Gasteiger partial charge in [0.25, 0.3) is 0 Å². The third-order valence-corrected chi connectivity index (χ3v) is 8.03. The van der Waals surface area contributed by atoms with E-state index in [4.69, 9.17) is 19.9 Å². The topological polar surface area (TPSA) is 156 Å². The third-order valence-electron chi connectivity index (χ3n) is 5.92. The first-order valence-corrected chi connectivity index (χ1v) is 14.7. The first-order valence-electron chi connectivity index (χ1n) is 12.8. The maximum Gasteiger partial charge on any atom is 0.408 e. The minimum atomic E-state index is -4.86. The lowest BCUT2D eigenvalue weighted by Gasteiger charge is -2.34. The molecular formula is C25H35F3N7O5P. The number of fused-ring (bicyclic) bond motifs is 1. The van der Waals surface area contributed by atoms with Crippen molar-refractivity contribution in [3.05, 3.63) is 42.5 Å².